The van der Waals surface area contributed by atoms with Crippen LogP contribution in [0.4, 0.5) is 11.4 Å². The lowest BCUT2D eigenvalue weighted by molar-refractivity contribution is -0.129. The molecule has 8 nitrogen and oxygen atoms in total. The van der Waals surface area contributed by atoms with Gasteiger partial charge in [-0.05, 0) is 36.1 Å². The Hall–Kier alpha value is -2.74. The Balaban J connectivity index is 1.75. The van der Waals surface area contributed by atoms with Gasteiger partial charge in [0.1, 0.15) is 28.2 Å². The van der Waals surface area contributed by atoms with Gasteiger partial charge in [0.2, 0.25) is 0 Å². The molecule has 3 N–H and O–H groups in total. The van der Waals surface area contributed by atoms with E-state index in [0.717, 1.165) is 10.9 Å². The van der Waals surface area contributed by atoms with Crippen LogP contribution in [0.15, 0.2) is 64.9 Å². The molecule has 3 atom stereocenters. The molecule has 4 rings (SSSR count). The number of benzene rings is 2. The fourth-order valence-corrected chi connectivity index (χ4v) is 6.34. The van der Waals surface area contributed by atoms with Crippen molar-refractivity contribution in [1.29, 1.82) is 0 Å². The average molecular weight is 515 g/mol. The lowest BCUT2D eigenvalue weighted by Crippen LogP contribution is -2.43. The molecule has 186 valence electrons. The second-order valence-corrected chi connectivity index (χ2v) is 12.2. The van der Waals surface area contributed by atoms with Crippen molar-refractivity contribution in [1.82, 2.24) is 9.99 Å². The van der Waals surface area contributed by atoms with Crippen molar-refractivity contribution in [2.45, 2.75) is 40.3 Å². The first kappa shape index (κ1) is 25.4. The van der Waals surface area contributed by atoms with Crippen LogP contribution in [0.5, 0.6) is 0 Å². The molecule has 0 fully saturated rings. The van der Waals surface area contributed by atoms with Crippen LogP contribution >= 0.6 is 8.30 Å². The van der Waals surface area contributed by atoms with Gasteiger partial charge in [0.15, 0.2) is 8.30 Å². The van der Waals surface area contributed by atoms with Gasteiger partial charge in [0, 0.05) is 18.5 Å². The molecule has 0 saturated carbocycles. The van der Waals surface area contributed by atoms with E-state index < -0.39 is 30.7 Å². The maximum Gasteiger partial charge on any atom is 0.262 e. The number of hydrogen-bond donors (Lipinski definition) is 3. The van der Waals surface area contributed by atoms with Gasteiger partial charge in [-0.25, -0.2) is 9.20 Å². The third-order valence-electron chi connectivity index (χ3n) is 5.71. The maximum atomic E-state index is 13.7. The van der Waals surface area contributed by atoms with E-state index in [1.165, 1.54) is 0 Å². The molecule has 2 aliphatic heterocycles. The van der Waals surface area contributed by atoms with Gasteiger partial charge in [-0.3, -0.25) is 4.79 Å². The van der Waals surface area contributed by atoms with Crippen molar-refractivity contribution >= 4 is 47.7 Å². The summed E-state index contributed by atoms with van der Waals surface area (Å²) < 4.78 is 20.5. The van der Waals surface area contributed by atoms with Crippen LogP contribution in [-0.2, 0) is 26.8 Å². The number of nitrogens with zero attached hydrogens (tertiary/aromatic N) is 2. The highest BCUT2D eigenvalue weighted by Gasteiger charge is 2.47. The molecule has 0 spiro atoms. The van der Waals surface area contributed by atoms with Gasteiger partial charge in [0.05, 0.1) is 23.6 Å². The van der Waals surface area contributed by atoms with Crippen molar-refractivity contribution in [2.24, 2.45) is 10.4 Å². The summed E-state index contributed by atoms with van der Waals surface area (Å²) in [7, 11) is -2.58. The predicted molar refractivity (Wildman–Crippen MR) is 142 cm³/mol. The summed E-state index contributed by atoms with van der Waals surface area (Å²) in [5.41, 5.74) is 2.10. The van der Waals surface area contributed by atoms with Gasteiger partial charge < -0.3 is 24.3 Å². The predicted octanol–water partition coefficient (Wildman–Crippen LogP) is 4.27. The van der Waals surface area contributed by atoms with E-state index in [-0.39, 0.29) is 17.2 Å². The number of amides is 1. The first-order chi connectivity index (χ1) is 16.6. The Kier molecular flexibility index (Phi) is 7.31. The Morgan fingerprint density at radius 1 is 1.23 bits per heavy atom. The molecule has 0 radical (unpaired) electrons. The second-order valence-electron chi connectivity index (χ2n) is 9.49. The quantitative estimate of drug-likeness (QED) is 0.479. The van der Waals surface area contributed by atoms with Crippen LogP contribution in [0.1, 0.15) is 33.3 Å². The number of rotatable bonds is 7. The number of carbonyl (C=O) groups is 1. The third kappa shape index (κ3) is 5.27. The van der Waals surface area contributed by atoms with Crippen LogP contribution in [0.2, 0.25) is 0 Å². The SMILES string of the molecule is CCOP1NC(C2=C(O)C(C(C)(C)C)N(Cc3ccccc3)C2=O)=Nc2ccc(NS(C)=O)cc21. The molecule has 0 aliphatic carbocycles. The van der Waals surface area contributed by atoms with E-state index >= 15 is 0 Å². The minimum atomic E-state index is -1.36. The standard InChI is InChI=1S/C25H31N4O4PS/c1-6-33-34-19-14-17(28-35(5)32)12-13-18(19)26-23(27-34)20-21(30)22(25(2,3)4)29(24(20)31)15-16-10-8-7-9-11-16/h7-14,22,28,30H,6,15H2,1-5H3,(H,26,27). The van der Waals surface area contributed by atoms with E-state index in [2.05, 4.69) is 9.81 Å². The molecule has 2 aliphatic rings. The van der Waals surface area contributed by atoms with Crippen LogP contribution in [-0.4, -0.2) is 44.9 Å². The first-order valence-corrected chi connectivity index (χ1v) is 14.2. The number of aliphatic hydroxyl groups is 1. The maximum absolute atomic E-state index is 13.7. The Morgan fingerprint density at radius 3 is 2.57 bits per heavy atom. The molecule has 2 aromatic rings. The van der Waals surface area contributed by atoms with Gasteiger partial charge in [-0.15, -0.1) is 0 Å². The number of aliphatic hydroxyl groups excluding tert-OH is 1. The lowest BCUT2D eigenvalue weighted by Gasteiger charge is -2.35. The average Bonchev–Trinajstić information content (AvgIpc) is 3.04. The number of nitrogens with one attached hydrogen (secondary N) is 2. The Morgan fingerprint density at radius 2 is 1.94 bits per heavy atom. The number of hydrogen-bond acceptors (Lipinski definition) is 6. The van der Waals surface area contributed by atoms with Crippen molar-refractivity contribution in [3.05, 3.63) is 65.4 Å². The molecule has 0 saturated heterocycles. The highest BCUT2D eigenvalue weighted by atomic mass is 32.2. The molecule has 2 aromatic carbocycles. The number of carbonyl (C=O) groups excluding carboxylic acids is 1. The smallest absolute Gasteiger partial charge is 0.262 e. The topological polar surface area (TPSA) is 103 Å². The van der Waals surface area contributed by atoms with E-state index in [1.54, 1.807) is 23.3 Å². The Bertz CT molecular complexity index is 1210. The summed E-state index contributed by atoms with van der Waals surface area (Å²) in [4.78, 5) is 20.2. The minimum absolute atomic E-state index is 0.0132. The van der Waals surface area contributed by atoms with Gasteiger partial charge in [-0.1, -0.05) is 51.1 Å². The van der Waals surface area contributed by atoms with Gasteiger partial charge in [0.25, 0.3) is 5.91 Å². The van der Waals surface area contributed by atoms with E-state index in [9.17, 15) is 14.1 Å². The summed E-state index contributed by atoms with van der Waals surface area (Å²) in [5, 5.41) is 15.5. The third-order valence-corrected chi connectivity index (χ3v) is 7.96. The summed E-state index contributed by atoms with van der Waals surface area (Å²) in [5.74, 6) is 0.0514. The summed E-state index contributed by atoms with van der Waals surface area (Å²) >= 11 is 0. The van der Waals surface area contributed by atoms with Gasteiger partial charge >= 0.3 is 0 Å². The second kappa shape index (κ2) is 10.1. The first-order valence-electron chi connectivity index (χ1n) is 11.4. The van der Waals surface area contributed by atoms with Crippen molar-refractivity contribution in [2.75, 3.05) is 17.6 Å². The van der Waals surface area contributed by atoms with Crippen molar-refractivity contribution in [3.8, 4) is 0 Å². The monoisotopic (exact) mass is 514 g/mol. The number of fused-ring (bicyclic) bond motifs is 1. The number of anilines is 1. The largest absolute Gasteiger partial charge is 0.509 e. The van der Waals surface area contributed by atoms with Crippen LogP contribution in [0.25, 0.3) is 0 Å². The van der Waals surface area contributed by atoms with Crippen LogP contribution in [0.3, 0.4) is 0 Å². The molecule has 0 bridgehead atoms. The van der Waals surface area contributed by atoms with Crippen molar-refractivity contribution in [3.63, 3.8) is 0 Å². The highest BCUT2D eigenvalue weighted by molar-refractivity contribution is 7.85. The van der Waals surface area contributed by atoms with E-state index in [4.69, 9.17) is 9.52 Å². The molecule has 35 heavy (non-hydrogen) atoms. The molecule has 3 unspecified atom stereocenters. The summed E-state index contributed by atoms with van der Waals surface area (Å²) in [6, 6.07) is 14.7. The van der Waals surface area contributed by atoms with Crippen LogP contribution < -0.4 is 15.1 Å². The summed E-state index contributed by atoms with van der Waals surface area (Å²) in [6.45, 7) is 8.74. The zero-order chi connectivity index (χ0) is 25.3. The molecule has 1 amide bonds. The number of amidine groups is 1. The van der Waals surface area contributed by atoms with E-state index in [1.807, 2.05) is 64.1 Å². The molecule has 0 aromatic heterocycles. The van der Waals surface area contributed by atoms with Crippen molar-refractivity contribution < 1.29 is 18.6 Å². The summed E-state index contributed by atoms with van der Waals surface area (Å²) in [6.07, 6.45) is 1.56. The highest BCUT2D eigenvalue weighted by Crippen LogP contribution is 2.43. The molecular formula is C25H31N4O4PS. The van der Waals surface area contributed by atoms with E-state index in [0.29, 0.717) is 30.4 Å². The zero-order valence-corrected chi connectivity index (χ0v) is 22.2. The molecule has 2 heterocycles. The Labute approximate surface area is 210 Å². The molecule has 10 heteroatoms. The fourth-order valence-electron chi connectivity index (χ4n) is 4.35. The fraction of sp³-hybridized carbons (Fsp3) is 0.360. The van der Waals surface area contributed by atoms with Crippen LogP contribution in [0, 0.1) is 5.41 Å². The van der Waals surface area contributed by atoms with Gasteiger partial charge in [-0.2, -0.15) is 0 Å². The normalized spacial score (nSPS) is 20.9. The number of aliphatic imine (C=N–C) groups is 1. The lowest BCUT2D eigenvalue weighted by atomic mass is 9.85. The minimum Gasteiger partial charge on any atom is -0.509 e. The molecular weight excluding hydrogens is 483 g/mol. The zero-order valence-electron chi connectivity index (χ0n) is 20.5.